The molecule has 0 radical (unpaired) electrons. The van der Waals surface area contributed by atoms with E-state index in [0.717, 1.165) is 12.8 Å². The molecule has 1 amide bonds. The van der Waals surface area contributed by atoms with Gasteiger partial charge in [0.25, 0.3) is 5.91 Å². The molecular weight excluding hydrogens is 468 g/mol. The monoisotopic (exact) mass is 500 g/mol. The number of sulfonamides is 1. The van der Waals surface area contributed by atoms with Gasteiger partial charge in [-0.3, -0.25) is 9.78 Å². The first-order chi connectivity index (χ1) is 16.7. The number of carbonyl (C=O) groups is 1. The summed E-state index contributed by atoms with van der Waals surface area (Å²) in [6.45, 7) is 5.57. The molecule has 35 heavy (non-hydrogen) atoms. The van der Waals surface area contributed by atoms with Crippen LogP contribution in [-0.4, -0.2) is 77.5 Å². The molecule has 188 valence electrons. The van der Waals surface area contributed by atoms with Crippen LogP contribution in [0.2, 0.25) is 0 Å². The maximum Gasteiger partial charge on any atom is 0.273 e. The number of benzene rings is 1. The molecule has 0 aliphatic carbocycles. The van der Waals surface area contributed by atoms with Gasteiger partial charge in [0, 0.05) is 49.9 Å². The van der Waals surface area contributed by atoms with E-state index in [0.29, 0.717) is 5.56 Å². The molecule has 3 atom stereocenters. The van der Waals surface area contributed by atoms with E-state index in [2.05, 4.69) is 21.8 Å². The number of nitrogens with zero attached hydrogens (tertiary/aromatic N) is 4. The Labute approximate surface area is 207 Å². The number of hydrogen-bond acceptors (Lipinski definition) is 7. The summed E-state index contributed by atoms with van der Waals surface area (Å²) < 4.78 is 34.7. The lowest BCUT2D eigenvalue weighted by Crippen LogP contribution is -2.50. The minimum absolute atomic E-state index is 0.0126. The van der Waals surface area contributed by atoms with E-state index < -0.39 is 22.2 Å². The predicted octanol–water partition coefficient (Wildman–Crippen LogP) is 2.17. The van der Waals surface area contributed by atoms with Crippen molar-refractivity contribution in [1.82, 2.24) is 19.2 Å². The molecule has 10 heteroatoms. The first kappa shape index (κ1) is 26.6. The number of fused-ring (bicyclic) bond motifs is 1. The number of ether oxygens (including phenoxy) is 1. The minimum Gasteiger partial charge on any atom is -0.487 e. The van der Waals surface area contributed by atoms with Crippen LogP contribution in [0.25, 0.3) is 0 Å². The van der Waals surface area contributed by atoms with Crippen LogP contribution >= 0.6 is 0 Å². The highest BCUT2D eigenvalue weighted by atomic mass is 32.2. The smallest absolute Gasteiger partial charge is 0.273 e. The second kappa shape index (κ2) is 11.6. The number of aromatic nitrogens is 2. The molecule has 0 saturated heterocycles. The van der Waals surface area contributed by atoms with Crippen LogP contribution in [0.5, 0.6) is 5.75 Å². The largest absolute Gasteiger partial charge is 0.487 e. The molecule has 2 heterocycles. The van der Waals surface area contributed by atoms with Crippen molar-refractivity contribution in [1.29, 1.82) is 0 Å². The van der Waals surface area contributed by atoms with Crippen molar-refractivity contribution in [2.75, 3.05) is 26.7 Å². The SMILES string of the molecule is CCCC#Cc1ccc2c(c1)O[C@@H](CN(C)C(=O)c1cnccn1)[C@H](C)CN([C@@H](C)CO)S2(=O)=O. The topological polar surface area (TPSA) is 113 Å². The van der Waals surface area contributed by atoms with Crippen LogP contribution in [0.4, 0.5) is 0 Å². The zero-order chi connectivity index (χ0) is 25.6. The maximum absolute atomic E-state index is 13.5. The lowest BCUT2D eigenvalue weighted by Gasteiger charge is -2.37. The van der Waals surface area contributed by atoms with E-state index in [1.54, 1.807) is 26.1 Å². The van der Waals surface area contributed by atoms with Crippen molar-refractivity contribution in [2.24, 2.45) is 5.92 Å². The molecule has 0 fully saturated rings. The summed E-state index contributed by atoms with van der Waals surface area (Å²) in [7, 11) is -2.30. The summed E-state index contributed by atoms with van der Waals surface area (Å²) in [5, 5.41) is 9.77. The standard InChI is InChI=1S/C25H32N4O5S/c1-5-6-7-8-20-9-10-24-22(13-20)34-23(16-28(4)25(31)21-14-26-11-12-27-21)18(2)15-29(19(3)17-30)35(24,32)33/h9-14,18-19,23,30H,5-6,15-17H2,1-4H3/t18-,19+,23+/m1/s1. The normalized spacial score (nSPS) is 20.3. The molecule has 0 spiro atoms. The van der Waals surface area contributed by atoms with Gasteiger partial charge in [-0.25, -0.2) is 13.4 Å². The molecule has 1 aromatic heterocycles. The third-order valence-corrected chi connectivity index (χ3v) is 7.88. The van der Waals surface area contributed by atoms with E-state index in [1.165, 1.54) is 33.9 Å². The average molecular weight is 501 g/mol. The Morgan fingerprint density at radius 1 is 1.37 bits per heavy atom. The fraction of sp³-hybridized carbons (Fsp3) is 0.480. The Morgan fingerprint density at radius 3 is 2.80 bits per heavy atom. The minimum atomic E-state index is -3.94. The van der Waals surface area contributed by atoms with Crippen molar-refractivity contribution in [3.63, 3.8) is 0 Å². The Bertz CT molecular complexity index is 1190. The van der Waals surface area contributed by atoms with Gasteiger partial charge < -0.3 is 14.7 Å². The molecule has 0 unspecified atom stereocenters. The number of rotatable bonds is 6. The maximum atomic E-state index is 13.5. The predicted molar refractivity (Wildman–Crippen MR) is 131 cm³/mol. The van der Waals surface area contributed by atoms with Crippen LogP contribution in [0.15, 0.2) is 41.7 Å². The third-order valence-electron chi connectivity index (χ3n) is 5.86. The molecule has 1 aliphatic heterocycles. The second-order valence-electron chi connectivity index (χ2n) is 8.73. The van der Waals surface area contributed by atoms with Crippen molar-refractivity contribution < 1.29 is 23.1 Å². The van der Waals surface area contributed by atoms with Gasteiger partial charge in [-0.05, 0) is 31.5 Å². The molecule has 1 N–H and O–H groups in total. The van der Waals surface area contributed by atoms with Gasteiger partial charge in [-0.1, -0.05) is 25.7 Å². The van der Waals surface area contributed by atoms with Gasteiger partial charge in [0.05, 0.1) is 19.3 Å². The number of unbranched alkanes of at least 4 members (excludes halogenated alkanes) is 1. The average Bonchev–Trinajstić information content (AvgIpc) is 2.85. The summed E-state index contributed by atoms with van der Waals surface area (Å²) in [6, 6.07) is 4.16. The zero-order valence-corrected chi connectivity index (χ0v) is 21.3. The van der Waals surface area contributed by atoms with Crippen LogP contribution in [0, 0.1) is 17.8 Å². The Balaban J connectivity index is 2.01. The van der Waals surface area contributed by atoms with Crippen LogP contribution < -0.4 is 4.74 Å². The number of likely N-dealkylation sites (N-methyl/N-ethyl adjacent to an activating group) is 1. The second-order valence-corrected chi connectivity index (χ2v) is 10.6. The first-order valence-corrected chi connectivity index (χ1v) is 13.1. The molecule has 3 rings (SSSR count). The fourth-order valence-electron chi connectivity index (χ4n) is 3.77. The van der Waals surface area contributed by atoms with Gasteiger partial charge in [-0.15, -0.1) is 0 Å². The summed E-state index contributed by atoms with van der Waals surface area (Å²) in [4.78, 5) is 22.4. The summed E-state index contributed by atoms with van der Waals surface area (Å²) in [5.74, 6) is 5.69. The van der Waals surface area contributed by atoms with E-state index in [-0.39, 0.29) is 47.9 Å². The Hall–Kier alpha value is -3.00. The summed E-state index contributed by atoms with van der Waals surface area (Å²) in [5.41, 5.74) is 0.852. The first-order valence-electron chi connectivity index (χ1n) is 11.6. The van der Waals surface area contributed by atoms with Crippen LogP contribution in [0.1, 0.15) is 49.7 Å². The van der Waals surface area contributed by atoms with Crippen molar-refractivity contribution >= 4 is 15.9 Å². The Kier molecular flexibility index (Phi) is 8.83. The van der Waals surface area contributed by atoms with E-state index >= 15 is 0 Å². The molecule has 1 aliphatic rings. The quantitative estimate of drug-likeness (QED) is 0.605. The van der Waals surface area contributed by atoms with E-state index in [4.69, 9.17) is 4.74 Å². The fourth-order valence-corrected chi connectivity index (χ4v) is 5.59. The molecule has 0 saturated carbocycles. The van der Waals surface area contributed by atoms with Gasteiger partial charge in [0.15, 0.2) is 0 Å². The highest BCUT2D eigenvalue weighted by molar-refractivity contribution is 7.89. The summed E-state index contributed by atoms with van der Waals surface area (Å²) >= 11 is 0. The Morgan fingerprint density at radius 2 is 2.14 bits per heavy atom. The van der Waals surface area contributed by atoms with Crippen molar-refractivity contribution in [3.8, 4) is 17.6 Å². The number of aliphatic hydroxyl groups excluding tert-OH is 1. The highest BCUT2D eigenvalue weighted by Crippen LogP contribution is 2.34. The summed E-state index contributed by atoms with van der Waals surface area (Å²) in [6.07, 6.45) is 5.46. The van der Waals surface area contributed by atoms with E-state index in [9.17, 15) is 18.3 Å². The van der Waals surface area contributed by atoms with Gasteiger partial charge in [-0.2, -0.15) is 4.31 Å². The van der Waals surface area contributed by atoms with Gasteiger partial charge in [0.2, 0.25) is 10.0 Å². The molecule has 2 aromatic rings. The number of aliphatic hydroxyl groups is 1. The van der Waals surface area contributed by atoms with Crippen LogP contribution in [-0.2, 0) is 10.0 Å². The molecule has 1 aromatic carbocycles. The molecule has 0 bridgehead atoms. The van der Waals surface area contributed by atoms with Crippen molar-refractivity contribution in [3.05, 3.63) is 48.0 Å². The lowest BCUT2D eigenvalue weighted by atomic mass is 10.0. The zero-order valence-electron chi connectivity index (χ0n) is 20.5. The highest BCUT2D eigenvalue weighted by Gasteiger charge is 2.38. The third kappa shape index (κ3) is 6.17. The number of hydrogen-bond donors (Lipinski definition) is 1. The van der Waals surface area contributed by atoms with Gasteiger partial charge >= 0.3 is 0 Å². The molecular formula is C25H32N4O5S. The van der Waals surface area contributed by atoms with Gasteiger partial charge in [0.1, 0.15) is 22.4 Å². The lowest BCUT2D eigenvalue weighted by molar-refractivity contribution is 0.0559. The molecule has 9 nitrogen and oxygen atoms in total. The van der Waals surface area contributed by atoms with E-state index in [1.807, 2.05) is 13.8 Å². The van der Waals surface area contributed by atoms with Crippen molar-refractivity contribution in [2.45, 2.75) is 50.7 Å². The number of carbonyl (C=O) groups excluding carboxylic acids is 1. The number of amides is 1. The van der Waals surface area contributed by atoms with Crippen LogP contribution in [0.3, 0.4) is 0 Å².